The molecule has 0 saturated carbocycles. The SMILES string of the molecule is CC(C)CCCCCCCCCCCCCCCCC(=O)OC[C@H](COP(=O)(O)OCC(O)COP(=O)(O)OC[C@@H](COC(=O)CCCCCCCCCCC(C)C)OC(=O)CCCCCCCCCCC(C)C)OC(=O)CCCCCCCCCCCCC(C)C. The van der Waals surface area contributed by atoms with Crippen molar-refractivity contribution in [3.8, 4) is 0 Å². The van der Waals surface area contributed by atoms with Gasteiger partial charge in [0.15, 0.2) is 12.2 Å². The fourth-order valence-corrected chi connectivity index (χ4v) is 12.6. The van der Waals surface area contributed by atoms with E-state index in [4.69, 9.17) is 37.0 Å². The van der Waals surface area contributed by atoms with E-state index in [1.807, 2.05) is 0 Å². The number of hydrogen-bond acceptors (Lipinski definition) is 15. The highest BCUT2D eigenvalue weighted by Gasteiger charge is 2.30. The summed E-state index contributed by atoms with van der Waals surface area (Å²) in [6.07, 6.45) is 45.9. The molecule has 0 amide bonds. The van der Waals surface area contributed by atoms with Crippen LogP contribution in [-0.4, -0.2) is 96.7 Å². The zero-order valence-corrected chi connectivity index (χ0v) is 62.0. The third-order valence-corrected chi connectivity index (χ3v) is 18.7. The van der Waals surface area contributed by atoms with E-state index < -0.39 is 97.5 Å². The summed E-state index contributed by atoms with van der Waals surface area (Å²) in [7, 11) is -9.91. The first-order valence-electron chi connectivity index (χ1n) is 37.7. The molecule has 0 bridgehead atoms. The molecule has 92 heavy (non-hydrogen) atoms. The maximum atomic E-state index is 13.1. The lowest BCUT2D eigenvalue weighted by Crippen LogP contribution is -2.30. The molecule has 3 N–H and O–H groups in total. The first-order chi connectivity index (χ1) is 44.1. The summed E-state index contributed by atoms with van der Waals surface area (Å²) >= 11 is 0. The van der Waals surface area contributed by atoms with Crippen LogP contribution in [0, 0.1) is 23.7 Å². The summed E-state index contributed by atoms with van der Waals surface area (Å²) in [6.45, 7) is 14.1. The predicted molar refractivity (Wildman–Crippen MR) is 372 cm³/mol. The highest BCUT2D eigenvalue weighted by atomic mass is 31.2. The Labute approximate surface area is 562 Å². The molecule has 17 nitrogen and oxygen atoms in total. The van der Waals surface area contributed by atoms with Crippen LogP contribution in [0.4, 0.5) is 0 Å². The first-order valence-corrected chi connectivity index (χ1v) is 40.7. The predicted octanol–water partition coefficient (Wildman–Crippen LogP) is 20.9. The molecule has 0 rings (SSSR count). The van der Waals surface area contributed by atoms with Gasteiger partial charge in [0.2, 0.25) is 0 Å². The van der Waals surface area contributed by atoms with Crippen LogP contribution in [-0.2, 0) is 65.4 Å². The molecule has 0 aliphatic heterocycles. The van der Waals surface area contributed by atoms with E-state index in [0.29, 0.717) is 25.7 Å². The Kier molecular flexibility index (Phi) is 61.3. The van der Waals surface area contributed by atoms with E-state index >= 15 is 0 Å². The van der Waals surface area contributed by atoms with Crippen LogP contribution in [0.2, 0.25) is 0 Å². The molecule has 19 heteroatoms. The molecule has 0 spiro atoms. The van der Waals surface area contributed by atoms with Gasteiger partial charge in [0, 0.05) is 25.7 Å². The third kappa shape index (κ3) is 66.7. The highest BCUT2D eigenvalue weighted by Crippen LogP contribution is 2.45. The van der Waals surface area contributed by atoms with Crippen LogP contribution in [0.3, 0.4) is 0 Å². The Hall–Kier alpha value is -1.94. The number of aliphatic hydroxyl groups is 1. The second-order valence-corrected chi connectivity index (χ2v) is 31.1. The Morgan fingerprint density at radius 3 is 0.674 bits per heavy atom. The van der Waals surface area contributed by atoms with Crippen molar-refractivity contribution in [1.82, 2.24) is 0 Å². The number of rotatable bonds is 70. The molecule has 0 aromatic heterocycles. The summed E-state index contributed by atoms with van der Waals surface area (Å²) < 4.78 is 68.4. The summed E-state index contributed by atoms with van der Waals surface area (Å²) in [5.41, 5.74) is 0. The molecular formula is C73H142O17P2. The van der Waals surface area contributed by atoms with Crippen molar-refractivity contribution in [2.45, 2.75) is 382 Å². The van der Waals surface area contributed by atoms with Crippen LogP contribution in [0.1, 0.15) is 364 Å². The molecule has 0 fully saturated rings. The lowest BCUT2D eigenvalue weighted by Gasteiger charge is -2.21. The van der Waals surface area contributed by atoms with E-state index in [9.17, 15) is 43.2 Å². The van der Waals surface area contributed by atoms with E-state index in [0.717, 1.165) is 114 Å². The normalized spacial score (nSPS) is 14.2. The van der Waals surface area contributed by atoms with Crippen LogP contribution < -0.4 is 0 Å². The summed E-state index contributed by atoms with van der Waals surface area (Å²) in [5.74, 6) is 0.869. The van der Waals surface area contributed by atoms with Gasteiger partial charge in [-0.1, -0.05) is 312 Å². The average molecular weight is 1350 g/mol. The second kappa shape index (κ2) is 62.6. The maximum Gasteiger partial charge on any atom is 0.472 e. The van der Waals surface area contributed by atoms with Crippen molar-refractivity contribution in [2.24, 2.45) is 23.7 Å². The molecule has 0 aromatic rings. The maximum absolute atomic E-state index is 13.1. The van der Waals surface area contributed by atoms with Gasteiger partial charge in [-0.2, -0.15) is 0 Å². The van der Waals surface area contributed by atoms with Crippen LogP contribution >= 0.6 is 15.6 Å². The minimum absolute atomic E-state index is 0.103. The zero-order valence-electron chi connectivity index (χ0n) is 60.2. The lowest BCUT2D eigenvalue weighted by molar-refractivity contribution is -0.161. The van der Waals surface area contributed by atoms with Gasteiger partial charge in [-0.25, -0.2) is 9.13 Å². The van der Waals surface area contributed by atoms with Gasteiger partial charge < -0.3 is 33.8 Å². The number of hydrogen-bond donors (Lipinski definition) is 3. The van der Waals surface area contributed by atoms with E-state index in [-0.39, 0.29) is 25.7 Å². The number of phosphoric acid groups is 2. The number of ether oxygens (including phenoxy) is 4. The van der Waals surface area contributed by atoms with Crippen LogP contribution in [0.15, 0.2) is 0 Å². The van der Waals surface area contributed by atoms with E-state index in [1.165, 1.54) is 167 Å². The molecule has 0 radical (unpaired) electrons. The minimum Gasteiger partial charge on any atom is -0.462 e. The quantitative estimate of drug-likeness (QED) is 0.0222. The Bertz CT molecular complexity index is 1820. The Morgan fingerprint density at radius 1 is 0.272 bits per heavy atom. The fraction of sp³-hybridized carbons (Fsp3) is 0.945. The van der Waals surface area contributed by atoms with E-state index in [1.54, 1.807) is 0 Å². The number of esters is 4. The smallest absolute Gasteiger partial charge is 0.462 e. The molecule has 3 unspecified atom stereocenters. The molecule has 0 aromatic carbocycles. The summed E-state index contributed by atoms with van der Waals surface area (Å²) in [6, 6.07) is 0. The number of aliphatic hydroxyl groups excluding tert-OH is 1. The van der Waals surface area contributed by atoms with Crippen molar-refractivity contribution in [1.29, 1.82) is 0 Å². The van der Waals surface area contributed by atoms with Gasteiger partial charge >= 0.3 is 39.5 Å². The van der Waals surface area contributed by atoms with Crippen LogP contribution in [0.25, 0.3) is 0 Å². The molecule has 546 valence electrons. The number of unbranched alkanes of at least 4 members (excludes halogenated alkanes) is 36. The van der Waals surface area contributed by atoms with Crippen LogP contribution in [0.5, 0.6) is 0 Å². The van der Waals surface area contributed by atoms with E-state index in [2.05, 4.69) is 55.4 Å². The van der Waals surface area contributed by atoms with Gasteiger partial charge in [-0.05, 0) is 49.4 Å². The van der Waals surface area contributed by atoms with Gasteiger partial charge in [0.05, 0.1) is 26.4 Å². The van der Waals surface area contributed by atoms with Gasteiger partial charge in [-0.15, -0.1) is 0 Å². The molecule has 0 aliphatic rings. The summed E-state index contributed by atoms with van der Waals surface area (Å²) in [5, 5.41) is 10.6. The minimum atomic E-state index is -4.96. The zero-order chi connectivity index (χ0) is 68.2. The van der Waals surface area contributed by atoms with Crippen molar-refractivity contribution < 1.29 is 80.2 Å². The lowest BCUT2D eigenvalue weighted by atomic mass is 10.0. The van der Waals surface area contributed by atoms with Gasteiger partial charge in [0.25, 0.3) is 0 Å². The fourth-order valence-electron chi connectivity index (χ4n) is 11.0. The highest BCUT2D eigenvalue weighted by molar-refractivity contribution is 7.47. The number of carbonyl (C=O) groups excluding carboxylic acids is 4. The van der Waals surface area contributed by atoms with Crippen molar-refractivity contribution in [3.05, 3.63) is 0 Å². The van der Waals surface area contributed by atoms with Crippen molar-refractivity contribution in [2.75, 3.05) is 39.6 Å². The Balaban J connectivity index is 5.24. The Morgan fingerprint density at radius 2 is 0.457 bits per heavy atom. The molecule has 0 aliphatic carbocycles. The monoisotopic (exact) mass is 1350 g/mol. The number of phosphoric ester groups is 2. The average Bonchev–Trinajstić information content (AvgIpc) is 3.59. The topological polar surface area (TPSA) is 237 Å². The van der Waals surface area contributed by atoms with Crippen molar-refractivity contribution in [3.63, 3.8) is 0 Å². The summed E-state index contributed by atoms with van der Waals surface area (Å²) in [4.78, 5) is 72.7. The largest absolute Gasteiger partial charge is 0.472 e. The second-order valence-electron chi connectivity index (χ2n) is 28.2. The standard InChI is InChI=1S/C73H142O17P2/c1-63(2)49-41-33-25-17-13-11-9-10-12-14-19-29-37-45-53-70(75)83-59-68(89-72(77)55-47-39-31-20-16-15-18-26-34-42-50-64(3)4)61-87-91(79,80)85-57-67(74)58-86-92(81,82)88-62-69(90-73(78)56-48-40-32-24-22-28-36-44-52-66(7)8)60-84-71(76)54-46-38-30-23-21-27-35-43-51-65(5)6/h63-69,74H,9-62H2,1-8H3,(H,79,80)(H,81,82)/t67?,68-,69-/m1/s1. The molecule has 0 heterocycles. The molecule has 0 saturated heterocycles. The molecule has 5 atom stereocenters. The third-order valence-electron chi connectivity index (χ3n) is 16.8. The molecular weight excluding hydrogens is 1210 g/mol. The first kappa shape index (κ1) is 90.1. The van der Waals surface area contributed by atoms with Gasteiger partial charge in [0.1, 0.15) is 19.3 Å². The number of carbonyl (C=O) groups is 4. The van der Waals surface area contributed by atoms with Crippen molar-refractivity contribution >= 4 is 39.5 Å². The van der Waals surface area contributed by atoms with Gasteiger partial charge in [-0.3, -0.25) is 37.3 Å².